The Hall–Kier alpha value is -3.87. The molecule has 1 N–H and O–H groups in total. The zero-order chi connectivity index (χ0) is 22.2. The van der Waals surface area contributed by atoms with Crippen molar-refractivity contribution in [3.63, 3.8) is 0 Å². The van der Waals surface area contributed by atoms with E-state index in [0.717, 1.165) is 22.6 Å². The molecular formula is C25H20FN3O3. The summed E-state index contributed by atoms with van der Waals surface area (Å²) in [5.41, 5.74) is 3.79. The minimum Gasteiger partial charge on any atom is -0.375 e. The number of nitrogens with zero attached hydrogens (tertiary/aromatic N) is 2. The van der Waals surface area contributed by atoms with Crippen LogP contribution in [0, 0.1) is 21.8 Å². The van der Waals surface area contributed by atoms with Gasteiger partial charge in [0.25, 0.3) is 5.69 Å². The second-order valence-corrected chi connectivity index (χ2v) is 8.20. The van der Waals surface area contributed by atoms with Crippen LogP contribution in [0.1, 0.15) is 35.9 Å². The number of nitrogens with one attached hydrogen (secondary N) is 1. The smallest absolute Gasteiger partial charge is 0.269 e. The molecule has 7 heteroatoms. The molecule has 3 aromatic rings. The Balaban J connectivity index is 1.59. The van der Waals surface area contributed by atoms with Gasteiger partial charge in [0, 0.05) is 24.3 Å². The van der Waals surface area contributed by atoms with Crippen LogP contribution in [-0.2, 0) is 4.79 Å². The van der Waals surface area contributed by atoms with Gasteiger partial charge in [-0.1, -0.05) is 36.4 Å². The van der Waals surface area contributed by atoms with Gasteiger partial charge in [0.05, 0.1) is 28.3 Å². The molecule has 3 atom stereocenters. The van der Waals surface area contributed by atoms with E-state index in [4.69, 9.17) is 4.99 Å². The number of nitro groups is 1. The second kappa shape index (κ2) is 8.00. The molecule has 32 heavy (non-hydrogen) atoms. The van der Waals surface area contributed by atoms with Gasteiger partial charge in [0.15, 0.2) is 0 Å². The largest absolute Gasteiger partial charge is 0.375 e. The van der Waals surface area contributed by atoms with Crippen LogP contribution >= 0.6 is 0 Å². The summed E-state index contributed by atoms with van der Waals surface area (Å²) in [6.07, 6.45) is 0.863. The molecule has 1 fully saturated rings. The van der Waals surface area contributed by atoms with Gasteiger partial charge in [-0.2, -0.15) is 0 Å². The predicted octanol–water partition coefficient (Wildman–Crippen LogP) is 5.74. The Kier molecular flexibility index (Phi) is 5.01. The summed E-state index contributed by atoms with van der Waals surface area (Å²) in [7, 11) is 0. The van der Waals surface area contributed by atoms with E-state index in [1.807, 2.05) is 24.3 Å². The maximum absolute atomic E-state index is 13.5. The van der Waals surface area contributed by atoms with E-state index in [1.165, 1.54) is 24.3 Å². The SMILES string of the molecule is O=C1C[C@H](c2ccc(F)cc2)CC2=Nc3ccccc3N[C@@H](c3cccc([N+](=O)[O-])c3)[C@@H]12. The summed E-state index contributed by atoms with van der Waals surface area (Å²) in [5, 5.41) is 14.8. The van der Waals surface area contributed by atoms with Crippen molar-refractivity contribution >= 4 is 28.6 Å². The van der Waals surface area contributed by atoms with E-state index in [-0.39, 0.29) is 23.2 Å². The number of Topliss-reactive ketones (excluding diaryl/α,β-unsaturated/α-hetero) is 1. The molecule has 1 heterocycles. The highest BCUT2D eigenvalue weighted by Gasteiger charge is 2.41. The van der Waals surface area contributed by atoms with Crippen molar-refractivity contribution < 1.29 is 14.1 Å². The number of carbonyl (C=O) groups is 1. The quantitative estimate of drug-likeness (QED) is 0.425. The molecule has 1 aliphatic heterocycles. The Bertz CT molecular complexity index is 1240. The number of benzene rings is 3. The number of rotatable bonds is 3. The first-order valence-corrected chi connectivity index (χ1v) is 10.4. The summed E-state index contributed by atoms with van der Waals surface area (Å²) in [5.74, 6) is -0.930. The summed E-state index contributed by atoms with van der Waals surface area (Å²) in [4.78, 5) is 29.2. The maximum Gasteiger partial charge on any atom is 0.269 e. The maximum atomic E-state index is 13.5. The number of halogens is 1. The summed E-state index contributed by atoms with van der Waals surface area (Å²) in [6.45, 7) is 0. The summed E-state index contributed by atoms with van der Waals surface area (Å²) in [6, 6.07) is 19.7. The van der Waals surface area contributed by atoms with Crippen LogP contribution in [0.25, 0.3) is 0 Å². The number of fused-ring (bicyclic) bond motifs is 2. The first kappa shape index (κ1) is 20.1. The van der Waals surface area contributed by atoms with Crippen molar-refractivity contribution in [1.82, 2.24) is 0 Å². The van der Waals surface area contributed by atoms with Crippen LogP contribution in [0.3, 0.4) is 0 Å². The van der Waals surface area contributed by atoms with Crippen LogP contribution in [0.5, 0.6) is 0 Å². The van der Waals surface area contributed by atoms with Gasteiger partial charge in [-0.05, 0) is 47.7 Å². The number of ketones is 1. The molecule has 0 aromatic heterocycles. The molecule has 0 spiro atoms. The van der Waals surface area contributed by atoms with Crippen molar-refractivity contribution in [2.24, 2.45) is 10.9 Å². The number of hydrogen-bond acceptors (Lipinski definition) is 5. The highest BCUT2D eigenvalue weighted by molar-refractivity contribution is 6.10. The molecule has 0 radical (unpaired) electrons. The van der Waals surface area contributed by atoms with E-state index >= 15 is 0 Å². The van der Waals surface area contributed by atoms with Crippen LogP contribution < -0.4 is 5.32 Å². The minimum absolute atomic E-state index is 0.0149. The van der Waals surface area contributed by atoms with Gasteiger partial charge in [-0.25, -0.2) is 4.39 Å². The van der Waals surface area contributed by atoms with E-state index in [2.05, 4.69) is 5.32 Å². The zero-order valence-corrected chi connectivity index (χ0v) is 17.1. The average molecular weight is 429 g/mol. The van der Waals surface area contributed by atoms with Gasteiger partial charge >= 0.3 is 0 Å². The molecule has 1 saturated carbocycles. The van der Waals surface area contributed by atoms with Gasteiger partial charge in [0.1, 0.15) is 11.6 Å². The van der Waals surface area contributed by atoms with Crippen LogP contribution in [0.2, 0.25) is 0 Å². The monoisotopic (exact) mass is 429 g/mol. The Labute approximate surface area is 184 Å². The van der Waals surface area contributed by atoms with Crippen LogP contribution in [0.15, 0.2) is 77.8 Å². The van der Waals surface area contributed by atoms with Crippen LogP contribution in [0.4, 0.5) is 21.5 Å². The third-order valence-corrected chi connectivity index (χ3v) is 6.20. The van der Waals surface area contributed by atoms with Gasteiger partial charge < -0.3 is 5.32 Å². The van der Waals surface area contributed by atoms with E-state index in [1.54, 1.807) is 24.3 Å². The van der Waals surface area contributed by atoms with Crippen molar-refractivity contribution in [1.29, 1.82) is 0 Å². The second-order valence-electron chi connectivity index (χ2n) is 8.20. The molecule has 2 aliphatic rings. The van der Waals surface area contributed by atoms with E-state index in [9.17, 15) is 19.3 Å². The fourth-order valence-corrected chi connectivity index (χ4v) is 4.68. The molecule has 0 saturated heterocycles. The predicted molar refractivity (Wildman–Crippen MR) is 120 cm³/mol. The van der Waals surface area contributed by atoms with E-state index in [0.29, 0.717) is 18.4 Å². The van der Waals surface area contributed by atoms with Crippen molar-refractivity contribution in [3.8, 4) is 0 Å². The zero-order valence-electron chi connectivity index (χ0n) is 17.1. The number of non-ortho nitro benzene ring substituents is 1. The fraction of sp³-hybridized carbons (Fsp3) is 0.200. The lowest BCUT2D eigenvalue weighted by molar-refractivity contribution is -0.384. The normalized spacial score (nSPS) is 22.1. The Morgan fingerprint density at radius 2 is 1.75 bits per heavy atom. The van der Waals surface area contributed by atoms with Gasteiger partial charge in [-0.3, -0.25) is 19.9 Å². The first-order valence-electron chi connectivity index (χ1n) is 10.4. The number of nitro benzene ring substituents is 1. The fourth-order valence-electron chi connectivity index (χ4n) is 4.68. The summed E-state index contributed by atoms with van der Waals surface area (Å²) >= 11 is 0. The van der Waals surface area contributed by atoms with E-state index < -0.39 is 16.9 Å². The van der Waals surface area contributed by atoms with Crippen molar-refractivity contribution in [3.05, 3.63) is 99.9 Å². The van der Waals surface area contributed by atoms with Gasteiger partial charge in [0.2, 0.25) is 0 Å². The Morgan fingerprint density at radius 1 is 0.969 bits per heavy atom. The third-order valence-electron chi connectivity index (χ3n) is 6.20. The van der Waals surface area contributed by atoms with Crippen LogP contribution in [-0.4, -0.2) is 16.4 Å². The van der Waals surface area contributed by atoms with Crippen molar-refractivity contribution in [2.75, 3.05) is 5.32 Å². The lowest BCUT2D eigenvalue weighted by atomic mass is 9.72. The highest BCUT2D eigenvalue weighted by Crippen LogP contribution is 2.44. The lowest BCUT2D eigenvalue weighted by Crippen LogP contribution is -2.38. The standard InChI is InChI=1S/C25H20FN3O3/c26-18-10-8-15(9-11-18)17-13-22-24(23(30)14-17)25(16-4-3-5-19(12-16)29(31)32)28-21-7-2-1-6-20(21)27-22/h1-12,17,24-25,28H,13-14H2/t17-,24-,25+/m1/s1. The topological polar surface area (TPSA) is 84.6 Å². The molecule has 1 aliphatic carbocycles. The lowest BCUT2D eigenvalue weighted by Gasteiger charge is -2.34. The molecule has 5 rings (SSSR count). The average Bonchev–Trinajstić information content (AvgIpc) is 2.96. The number of anilines is 1. The number of para-hydroxylation sites is 2. The molecule has 6 nitrogen and oxygen atoms in total. The van der Waals surface area contributed by atoms with Gasteiger partial charge in [-0.15, -0.1) is 0 Å². The molecule has 0 bridgehead atoms. The Morgan fingerprint density at radius 3 is 2.53 bits per heavy atom. The summed E-state index contributed by atoms with van der Waals surface area (Å²) < 4.78 is 13.4. The molecule has 0 amide bonds. The molecule has 0 unspecified atom stereocenters. The third kappa shape index (κ3) is 3.66. The molecule has 160 valence electrons. The number of aliphatic imine (C=N–C) groups is 1. The first-order chi connectivity index (χ1) is 15.5. The molecular weight excluding hydrogens is 409 g/mol. The highest BCUT2D eigenvalue weighted by atomic mass is 19.1. The number of hydrogen-bond donors (Lipinski definition) is 1. The number of carbonyl (C=O) groups excluding carboxylic acids is 1. The minimum atomic E-state index is -0.541. The van der Waals surface area contributed by atoms with Crippen molar-refractivity contribution in [2.45, 2.75) is 24.8 Å². The molecule has 3 aromatic carbocycles.